The van der Waals surface area contributed by atoms with Gasteiger partial charge in [-0.05, 0) is 24.5 Å². The molecule has 0 bridgehead atoms. The SMILES string of the molecule is FC(F)(F)CCSCC1CCC(F)(F)CC1. The van der Waals surface area contributed by atoms with Crippen molar-refractivity contribution in [2.24, 2.45) is 5.92 Å². The van der Waals surface area contributed by atoms with Crippen LogP contribution in [0.3, 0.4) is 0 Å². The van der Waals surface area contributed by atoms with Crippen LogP contribution in [-0.4, -0.2) is 23.6 Å². The van der Waals surface area contributed by atoms with E-state index >= 15 is 0 Å². The molecule has 0 aromatic carbocycles. The predicted octanol–water partition coefficient (Wildman–Crippen LogP) is 4.50. The average Bonchev–Trinajstić information content (AvgIpc) is 2.13. The Morgan fingerprint density at radius 2 is 1.69 bits per heavy atom. The molecule has 0 heterocycles. The van der Waals surface area contributed by atoms with E-state index in [1.807, 2.05) is 0 Å². The van der Waals surface area contributed by atoms with Crippen molar-refractivity contribution in [3.05, 3.63) is 0 Å². The number of rotatable bonds is 4. The molecule has 6 heteroatoms. The first kappa shape index (κ1) is 14.1. The molecule has 16 heavy (non-hydrogen) atoms. The van der Waals surface area contributed by atoms with Gasteiger partial charge in [-0.1, -0.05) is 0 Å². The molecule has 0 aromatic rings. The highest BCUT2D eigenvalue weighted by molar-refractivity contribution is 7.99. The number of halogens is 5. The monoisotopic (exact) mass is 262 g/mol. The van der Waals surface area contributed by atoms with E-state index in [0.29, 0.717) is 18.6 Å². The van der Waals surface area contributed by atoms with Gasteiger partial charge in [0.1, 0.15) is 0 Å². The van der Waals surface area contributed by atoms with Crippen LogP contribution >= 0.6 is 11.8 Å². The first-order valence-electron chi connectivity index (χ1n) is 5.31. The zero-order valence-electron chi connectivity index (χ0n) is 8.83. The molecular formula is C10H15F5S. The average molecular weight is 262 g/mol. The Morgan fingerprint density at radius 3 is 2.19 bits per heavy atom. The zero-order chi connectivity index (χ0) is 12.2. The van der Waals surface area contributed by atoms with Gasteiger partial charge in [-0.3, -0.25) is 0 Å². The lowest BCUT2D eigenvalue weighted by atomic mass is 9.88. The number of alkyl halides is 5. The maximum atomic E-state index is 12.8. The molecule has 0 nitrogen and oxygen atoms in total. The Bertz CT molecular complexity index is 204. The van der Waals surface area contributed by atoms with Gasteiger partial charge in [-0.25, -0.2) is 8.78 Å². The quantitative estimate of drug-likeness (QED) is 0.531. The first-order chi connectivity index (χ1) is 7.29. The van der Waals surface area contributed by atoms with Crippen molar-refractivity contribution in [2.45, 2.75) is 44.2 Å². The van der Waals surface area contributed by atoms with Gasteiger partial charge in [0, 0.05) is 18.6 Å². The predicted molar refractivity (Wildman–Crippen MR) is 54.9 cm³/mol. The molecule has 0 N–H and O–H groups in total. The van der Waals surface area contributed by atoms with Crippen LogP contribution < -0.4 is 0 Å². The molecule has 96 valence electrons. The molecule has 0 unspecified atom stereocenters. The second-order valence-corrected chi connectivity index (χ2v) is 5.39. The lowest BCUT2D eigenvalue weighted by molar-refractivity contribution is -0.129. The lowest BCUT2D eigenvalue weighted by Gasteiger charge is -2.27. The van der Waals surface area contributed by atoms with Crippen molar-refractivity contribution in [3.63, 3.8) is 0 Å². The van der Waals surface area contributed by atoms with Crippen LogP contribution in [0, 0.1) is 5.92 Å². The molecular weight excluding hydrogens is 247 g/mol. The summed E-state index contributed by atoms with van der Waals surface area (Å²) in [4.78, 5) is 0. The fourth-order valence-electron chi connectivity index (χ4n) is 1.70. The van der Waals surface area contributed by atoms with Gasteiger partial charge < -0.3 is 0 Å². The van der Waals surface area contributed by atoms with Crippen LogP contribution in [0.5, 0.6) is 0 Å². The lowest BCUT2D eigenvalue weighted by Crippen LogP contribution is -2.25. The Kier molecular flexibility index (Phi) is 4.88. The topological polar surface area (TPSA) is 0 Å². The highest BCUT2D eigenvalue weighted by Crippen LogP contribution is 2.37. The molecule has 0 aromatic heterocycles. The first-order valence-corrected chi connectivity index (χ1v) is 6.46. The highest BCUT2D eigenvalue weighted by atomic mass is 32.2. The van der Waals surface area contributed by atoms with Crippen molar-refractivity contribution in [3.8, 4) is 0 Å². The fourth-order valence-corrected chi connectivity index (χ4v) is 2.91. The minimum absolute atomic E-state index is 0.0381. The van der Waals surface area contributed by atoms with E-state index < -0.39 is 18.5 Å². The summed E-state index contributed by atoms with van der Waals surface area (Å²) < 4.78 is 61.0. The second-order valence-electron chi connectivity index (χ2n) is 4.24. The fraction of sp³-hybridized carbons (Fsp3) is 1.00. The van der Waals surface area contributed by atoms with Gasteiger partial charge in [0.05, 0.1) is 6.42 Å². The third-order valence-electron chi connectivity index (χ3n) is 2.72. The maximum Gasteiger partial charge on any atom is 0.389 e. The van der Waals surface area contributed by atoms with Crippen LogP contribution in [0.4, 0.5) is 22.0 Å². The summed E-state index contributed by atoms with van der Waals surface area (Å²) >= 11 is 1.22. The summed E-state index contributed by atoms with van der Waals surface area (Å²) in [5.74, 6) is -1.77. The molecule has 0 spiro atoms. The Balaban J connectivity index is 2.07. The van der Waals surface area contributed by atoms with E-state index in [1.54, 1.807) is 0 Å². The molecule has 1 saturated carbocycles. The summed E-state index contributed by atoms with van der Waals surface area (Å²) in [6.45, 7) is 0. The van der Waals surface area contributed by atoms with Crippen LogP contribution in [0.15, 0.2) is 0 Å². The van der Waals surface area contributed by atoms with E-state index in [9.17, 15) is 22.0 Å². The molecule has 1 aliphatic rings. The molecule has 0 radical (unpaired) electrons. The van der Waals surface area contributed by atoms with Gasteiger partial charge in [-0.15, -0.1) is 0 Å². The van der Waals surface area contributed by atoms with Crippen LogP contribution in [0.25, 0.3) is 0 Å². The van der Waals surface area contributed by atoms with Crippen molar-refractivity contribution in [2.75, 3.05) is 11.5 Å². The van der Waals surface area contributed by atoms with E-state index in [1.165, 1.54) is 11.8 Å². The summed E-state index contributed by atoms with van der Waals surface area (Å²) in [5, 5.41) is 0. The molecule has 1 fully saturated rings. The molecule has 0 amide bonds. The third kappa shape index (κ3) is 5.92. The third-order valence-corrected chi connectivity index (χ3v) is 3.92. The summed E-state index contributed by atoms with van der Waals surface area (Å²) in [5.41, 5.74) is 0. The minimum Gasteiger partial charge on any atom is -0.207 e. The molecule has 0 aliphatic heterocycles. The highest BCUT2D eigenvalue weighted by Gasteiger charge is 2.34. The summed E-state index contributed by atoms with van der Waals surface area (Å²) in [7, 11) is 0. The zero-order valence-corrected chi connectivity index (χ0v) is 9.64. The van der Waals surface area contributed by atoms with Crippen molar-refractivity contribution >= 4 is 11.8 Å². The maximum absolute atomic E-state index is 12.8. The van der Waals surface area contributed by atoms with Crippen molar-refractivity contribution < 1.29 is 22.0 Å². The van der Waals surface area contributed by atoms with E-state index in [4.69, 9.17) is 0 Å². The molecule has 1 rings (SSSR count). The van der Waals surface area contributed by atoms with Gasteiger partial charge in [0.25, 0.3) is 0 Å². The largest absolute Gasteiger partial charge is 0.389 e. The molecule has 0 atom stereocenters. The van der Waals surface area contributed by atoms with Gasteiger partial charge in [0.15, 0.2) is 0 Å². The molecule has 0 saturated heterocycles. The summed E-state index contributed by atoms with van der Waals surface area (Å²) in [6, 6.07) is 0. The normalized spacial score (nSPS) is 22.3. The van der Waals surface area contributed by atoms with E-state index in [-0.39, 0.29) is 24.5 Å². The van der Waals surface area contributed by atoms with Crippen LogP contribution in [0.2, 0.25) is 0 Å². The van der Waals surface area contributed by atoms with E-state index in [2.05, 4.69) is 0 Å². The van der Waals surface area contributed by atoms with Crippen molar-refractivity contribution in [1.29, 1.82) is 0 Å². The van der Waals surface area contributed by atoms with Crippen LogP contribution in [0.1, 0.15) is 32.1 Å². The van der Waals surface area contributed by atoms with Gasteiger partial charge in [-0.2, -0.15) is 24.9 Å². The second kappa shape index (κ2) is 5.56. The minimum atomic E-state index is -4.10. The Labute approximate surface area is 96.0 Å². The molecule has 1 aliphatic carbocycles. The van der Waals surface area contributed by atoms with E-state index in [0.717, 1.165) is 0 Å². The number of hydrogen-bond donors (Lipinski definition) is 0. The number of thioether (sulfide) groups is 1. The van der Waals surface area contributed by atoms with Gasteiger partial charge >= 0.3 is 6.18 Å². The standard InChI is InChI=1S/C10H15F5S/c11-9(12)3-1-8(2-4-9)7-16-6-5-10(13,14)15/h8H,1-7H2. The smallest absolute Gasteiger partial charge is 0.207 e. The Morgan fingerprint density at radius 1 is 1.12 bits per heavy atom. The number of hydrogen-bond acceptors (Lipinski definition) is 1. The van der Waals surface area contributed by atoms with Gasteiger partial charge in [0.2, 0.25) is 5.92 Å². The van der Waals surface area contributed by atoms with Crippen molar-refractivity contribution in [1.82, 2.24) is 0 Å². The van der Waals surface area contributed by atoms with Crippen LogP contribution in [-0.2, 0) is 0 Å². The summed E-state index contributed by atoms with van der Waals surface area (Å²) in [6.07, 6.45) is -4.25. The Hall–Kier alpha value is -0.0000000000000000555.